The van der Waals surface area contributed by atoms with Crippen LogP contribution in [0.5, 0.6) is 5.75 Å². The van der Waals surface area contributed by atoms with Crippen molar-refractivity contribution in [3.8, 4) is 5.75 Å². The molecule has 1 amide bonds. The smallest absolute Gasteiger partial charge is 0.312 e. The van der Waals surface area contributed by atoms with Gasteiger partial charge in [0.15, 0.2) is 5.75 Å². The summed E-state index contributed by atoms with van der Waals surface area (Å²) in [6, 6.07) is 11.8. The number of benzene rings is 2. The number of amides is 1. The number of nitrogens with zero attached hydrogens (tertiary/aromatic N) is 3. The Labute approximate surface area is 187 Å². The van der Waals surface area contributed by atoms with Crippen molar-refractivity contribution in [3.05, 3.63) is 63.7 Å². The molecule has 0 N–H and O–H groups in total. The highest BCUT2D eigenvalue weighted by Crippen LogP contribution is 2.30. The minimum absolute atomic E-state index is 0.00463. The molecule has 0 aliphatic carbocycles. The van der Waals surface area contributed by atoms with Crippen molar-refractivity contribution in [3.63, 3.8) is 0 Å². The van der Waals surface area contributed by atoms with Crippen LogP contribution in [0.15, 0.2) is 47.4 Å². The Morgan fingerprint density at radius 3 is 2.34 bits per heavy atom. The maximum absolute atomic E-state index is 13.0. The molecule has 2 aromatic rings. The second-order valence-corrected chi connectivity index (χ2v) is 9.65. The van der Waals surface area contributed by atoms with Gasteiger partial charge in [0.2, 0.25) is 15.9 Å². The molecule has 1 heterocycles. The SMILES string of the molecule is COc1ccc(S(=O)(=O)N2CCN(C(=O)CCCc3ccc(C)cc3)CC2)cc1[N+](=O)[O-]. The van der Waals surface area contributed by atoms with E-state index >= 15 is 0 Å². The Morgan fingerprint density at radius 2 is 1.75 bits per heavy atom. The first-order valence-electron chi connectivity index (χ1n) is 10.4. The molecule has 32 heavy (non-hydrogen) atoms. The number of carbonyl (C=O) groups excluding carboxylic acids is 1. The van der Waals surface area contributed by atoms with E-state index in [4.69, 9.17) is 4.74 Å². The number of hydrogen-bond acceptors (Lipinski definition) is 6. The number of aryl methyl sites for hydroxylation is 2. The number of carbonyl (C=O) groups is 1. The number of ether oxygens (including phenoxy) is 1. The second kappa shape index (κ2) is 10.1. The first kappa shape index (κ1) is 23.7. The van der Waals surface area contributed by atoms with Crippen LogP contribution in [0.1, 0.15) is 24.0 Å². The molecule has 172 valence electrons. The summed E-state index contributed by atoms with van der Waals surface area (Å²) < 4.78 is 32.1. The van der Waals surface area contributed by atoms with Crippen LogP contribution in [0.2, 0.25) is 0 Å². The van der Waals surface area contributed by atoms with Crippen molar-refractivity contribution in [1.82, 2.24) is 9.21 Å². The van der Waals surface area contributed by atoms with Crippen molar-refractivity contribution in [2.75, 3.05) is 33.3 Å². The summed E-state index contributed by atoms with van der Waals surface area (Å²) in [5, 5.41) is 11.2. The Balaban J connectivity index is 1.56. The molecule has 0 saturated carbocycles. The standard InChI is InChI=1S/C22H27N3O6S/c1-17-6-8-18(9-7-17)4-3-5-22(26)23-12-14-24(15-13-23)32(29,30)19-10-11-21(31-2)20(16-19)25(27)28/h6-11,16H,3-5,12-15H2,1-2H3. The zero-order chi connectivity index (χ0) is 23.3. The van der Waals surface area contributed by atoms with Gasteiger partial charge in [0, 0.05) is 38.7 Å². The van der Waals surface area contributed by atoms with E-state index in [0.29, 0.717) is 19.5 Å². The van der Waals surface area contributed by atoms with E-state index in [1.807, 2.05) is 19.1 Å². The lowest BCUT2D eigenvalue weighted by molar-refractivity contribution is -0.386. The van der Waals surface area contributed by atoms with Gasteiger partial charge in [-0.25, -0.2) is 8.42 Å². The molecule has 1 fully saturated rings. The molecule has 0 spiro atoms. The van der Waals surface area contributed by atoms with E-state index in [0.717, 1.165) is 18.9 Å². The third-order valence-electron chi connectivity index (χ3n) is 5.55. The van der Waals surface area contributed by atoms with E-state index < -0.39 is 20.6 Å². The van der Waals surface area contributed by atoms with E-state index in [9.17, 15) is 23.3 Å². The molecule has 0 atom stereocenters. The number of sulfonamides is 1. The average molecular weight is 462 g/mol. The lowest BCUT2D eigenvalue weighted by Gasteiger charge is -2.34. The van der Waals surface area contributed by atoms with Gasteiger partial charge in [-0.15, -0.1) is 0 Å². The largest absolute Gasteiger partial charge is 0.490 e. The molecule has 0 radical (unpaired) electrons. The predicted molar refractivity (Wildman–Crippen MR) is 119 cm³/mol. The summed E-state index contributed by atoms with van der Waals surface area (Å²) in [4.78, 5) is 24.6. The zero-order valence-corrected chi connectivity index (χ0v) is 19.0. The van der Waals surface area contributed by atoms with Gasteiger partial charge in [-0.05, 0) is 37.5 Å². The van der Waals surface area contributed by atoms with Crippen molar-refractivity contribution in [2.45, 2.75) is 31.1 Å². The third kappa shape index (κ3) is 5.43. The topological polar surface area (TPSA) is 110 Å². The molecular weight excluding hydrogens is 434 g/mol. The van der Waals surface area contributed by atoms with E-state index in [2.05, 4.69) is 12.1 Å². The van der Waals surface area contributed by atoms with Crippen LogP contribution in [0.4, 0.5) is 5.69 Å². The van der Waals surface area contributed by atoms with Gasteiger partial charge in [0.05, 0.1) is 16.9 Å². The molecule has 0 bridgehead atoms. The third-order valence-corrected chi connectivity index (χ3v) is 7.45. The molecule has 9 nitrogen and oxygen atoms in total. The number of nitro benzene ring substituents is 1. The summed E-state index contributed by atoms with van der Waals surface area (Å²) in [6.45, 7) is 2.91. The van der Waals surface area contributed by atoms with Crippen molar-refractivity contribution in [2.24, 2.45) is 0 Å². The van der Waals surface area contributed by atoms with Gasteiger partial charge >= 0.3 is 5.69 Å². The Bertz CT molecular complexity index is 1080. The van der Waals surface area contributed by atoms with Crippen LogP contribution < -0.4 is 4.74 Å². The molecule has 0 aromatic heterocycles. The van der Waals surface area contributed by atoms with Crippen LogP contribution in [-0.4, -0.2) is 61.7 Å². The highest BCUT2D eigenvalue weighted by molar-refractivity contribution is 7.89. The highest BCUT2D eigenvalue weighted by atomic mass is 32.2. The van der Waals surface area contributed by atoms with Gasteiger partial charge in [0.25, 0.3) is 0 Å². The van der Waals surface area contributed by atoms with Gasteiger partial charge in [-0.1, -0.05) is 29.8 Å². The number of methoxy groups -OCH3 is 1. The molecule has 1 saturated heterocycles. The number of hydrogen-bond donors (Lipinski definition) is 0. The van der Waals surface area contributed by atoms with E-state index in [1.165, 1.54) is 34.7 Å². The minimum Gasteiger partial charge on any atom is -0.490 e. The summed E-state index contributed by atoms with van der Waals surface area (Å²) >= 11 is 0. The van der Waals surface area contributed by atoms with Crippen molar-refractivity contribution >= 4 is 21.6 Å². The monoisotopic (exact) mass is 461 g/mol. The van der Waals surface area contributed by atoms with Gasteiger partial charge in [-0.2, -0.15) is 4.31 Å². The fourth-order valence-electron chi connectivity index (χ4n) is 3.66. The van der Waals surface area contributed by atoms with Crippen LogP contribution in [0.3, 0.4) is 0 Å². The highest BCUT2D eigenvalue weighted by Gasteiger charge is 2.31. The van der Waals surface area contributed by atoms with Crippen molar-refractivity contribution < 1.29 is 22.9 Å². The lowest BCUT2D eigenvalue weighted by atomic mass is 10.1. The van der Waals surface area contributed by atoms with Crippen LogP contribution in [0.25, 0.3) is 0 Å². The number of rotatable bonds is 8. The Kier molecular flexibility index (Phi) is 7.47. The second-order valence-electron chi connectivity index (χ2n) is 7.71. The van der Waals surface area contributed by atoms with Gasteiger partial charge < -0.3 is 9.64 Å². The Morgan fingerprint density at radius 1 is 1.09 bits per heavy atom. The number of piperazine rings is 1. The lowest BCUT2D eigenvalue weighted by Crippen LogP contribution is -2.50. The zero-order valence-electron chi connectivity index (χ0n) is 18.2. The summed E-state index contributed by atoms with van der Waals surface area (Å²) in [6.07, 6.45) is 1.96. The summed E-state index contributed by atoms with van der Waals surface area (Å²) in [5.74, 6) is 0.00393. The normalized spacial score (nSPS) is 14.9. The van der Waals surface area contributed by atoms with Crippen molar-refractivity contribution in [1.29, 1.82) is 0 Å². The molecule has 0 unspecified atom stereocenters. The average Bonchev–Trinajstić information content (AvgIpc) is 2.79. The molecule has 10 heteroatoms. The van der Waals surface area contributed by atoms with Crippen LogP contribution >= 0.6 is 0 Å². The first-order valence-corrected chi connectivity index (χ1v) is 11.8. The molecule has 2 aromatic carbocycles. The summed E-state index contributed by atoms with van der Waals surface area (Å²) in [7, 11) is -2.63. The Hall–Kier alpha value is -2.98. The van der Waals surface area contributed by atoms with Crippen LogP contribution in [0, 0.1) is 17.0 Å². The molecule has 1 aliphatic rings. The van der Waals surface area contributed by atoms with E-state index in [1.54, 1.807) is 4.90 Å². The van der Waals surface area contributed by atoms with Gasteiger partial charge in [-0.3, -0.25) is 14.9 Å². The minimum atomic E-state index is -3.91. The van der Waals surface area contributed by atoms with Gasteiger partial charge in [0.1, 0.15) is 0 Å². The summed E-state index contributed by atoms with van der Waals surface area (Å²) in [5.41, 5.74) is 1.98. The predicted octanol–water partition coefficient (Wildman–Crippen LogP) is 2.77. The maximum Gasteiger partial charge on any atom is 0.312 e. The van der Waals surface area contributed by atoms with Crippen LogP contribution in [-0.2, 0) is 21.2 Å². The molecule has 1 aliphatic heterocycles. The molecule has 3 rings (SSSR count). The fourth-order valence-corrected chi connectivity index (χ4v) is 5.10. The maximum atomic E-state index is 13.0. The van der Waals surface area contributed by atoms with E-state index in [-0.39, 0.29) is 29.6 Å². The first-order chi connectivity index (χ1) is 15.2. The number of nitro groups is 1. The molecular formula is C22H27N3O6S. The quantitative estimate of drug-likeness (QED) is 0.442. The fraction of sp³-hybridized carbons (Fsp3) is 0.409.